The minimum atomic E-state index is -3.22. The van der Waals surface area contributed by atoms with Gasteiger partial charge in [-0.15, -0.1) is 0 Å². The molecule has 1 aliphatic heterocycles. The van der Waals surface area contributed by atoms with Gasteiger partial charge in [0.1, 0.15) is 11.4 Å². The van der Waals surface area contributed by atoms with Crippen LogP contribution in [0, 0.1) is 0 Å². The number of hydrogen-bond acceptors (Lipinski definition) is 5. The fraction of sp³-hybridized carbons (Fsp3) is 0.417. The standard InChI is InChI=1S/C12H15N3O3S/c1-19(16,17)8-2-3-9-10(6-8)15-11(14-9)12(13)4-5-18-7-12/h2-3,6H,4-5,7,13H2,1H3,(H,14,15). The highest BCUT2D eigenvalue weighted by atomic mass is 32.2. The van der Waals surface area contributed by atoms with E-state index >= 15 is 0 Å². The van der Waals surface area contributed by atoms with Crippen LogP contribution in [-0.2, 0) is 20.1 Å². The number of nitrogens with two attached hydrogens (primary N) is 1. The van der Waals surface area contributed by atoms with Crippen LogP contribution >= 0.6 is 0 Å². The number of rotatable bonds is 2. The van der Waals surface area contributed by atoms with Crippen molar-refractivity contribution in [3.63, 3.8) is 0 Å². The molecule has 3 rings (SSSR count). The van der Waals surface area contributed by atoms with Crippen molar-refractivity contribution in [2.24, 2.45) is 5.73 Å². The number of nitrogens with zero attached hydrogens (tertiary/aromatic N) is 1. The minimum absolute atomic E-state index is 0.268. The van der Waals surface area contributed by atoms with Gasteiger partial charge in [-0.1, -0.05) is 0 Å². The molecular weight excluding hydrogens is 266 g/mol. The summed E-state index contributed by atoms with van der Waals surface area (Å²) in [5, 5.41) is 0. The second kappa shape index (κ2) is 4.03. The van der Waals surface area contributed by atoms with E-state index in [0.29, 0.717) is 36.5 Å². The van der Waals surface area contributed by atoms with E-state index in [-0.39, 0.29) is 4.90 Å². The highest BCUT2D eigenvalue weighted by Gasteiger charge is 2.35. The third-order valence-electron chi connectivity index (χ3n) is 3.41. The van der Waals surface area contributed by atoms with Gasteiger partial charge in [0.15, 0.2) is 9.84 Å². The molecule has 1 aromatic carbocycles. The highest BCUT2D eigenvalue weighted by Crippen LogP contribution is 2.28. The number of aromatic amines is 1. The normalized spacial score (nSPS) is 24.1. The third kappa shape index (κ3) is 2.13. The van der Waals surface area contributed by atoms with Gasteiger partial charge in [-0.25, -0.2) is 13.4 Å². The molecule has 1 aliphatic rings. The number of imidazole rings is 1. The molecule has 0 radical (unpaired) electrons. The van der Waals surface area contributed by atoms with Gasteiger partial charge < -0.3 is 15.5 Å². The first-order valence-corrected chi connectivity index (χ1v) is 7.85. The van der Waals surface area contributed by atoms with Crippen molar-refractivity contribution in [3.05, 3.63) is 24.0 Å². The Morgan fingerprint density at radius 1 is 1.47 bits per heavy atom. The van der Waals surface area contributed by atoms with Crippen molar-refractivity contribution >= 4 is 20.9 Å². The van der Waals surface area contributed by atoms with E-state index in [1.165, 1.54) is 6.26 Å². The maximum absolute atomic E-state index is 11.5. The zero-order valence-electron chi connectivity index (χ0n) is 10.5. The Morgan fingerprint density at radius 3 is 2.89 bits per heavy atom. The van der Waals surface area contributed by atoms with Crippen LogP contribution < -0.4 is 5.73 Å². The zero-order valence-corrected chi connectivity index (χ0v) is 11.3. The Balaban J connectivity index is 2.11. The average Bonchev–Trinajstić information content (AvgIpc) is 2.93. The maximum Gasteiger partial charge on any atom is 0.175 e. The predicted molar refractivity (Wildman–Crippen MR) is 70.5 cm³/mol. The van der Waals surface area contributed by atoms with Crippen molar-refractivity contribution < 1.29 is 13.2 Å². The highest BCUT2D eigenvalue weighted by molar-refractivity contribution is 7.90. The predicted octanol–water partition coefficient (Wildman–Crippen LogP) is 0.541. The van der Waals surface area contributed by atoms with Crippen molar-refractivity contribution in [3.8, 4) is 0 Å². The molecule has 6 nitrogen and oxygen atoms in total. The monoisotopic (exact) mass is 281 g/mol. The third-order valence-corrected chi connectivity index (χ3v) is 4.52. The summed E-state index contributed by atoms with van der Waals surface area (Å²) in [5.41, 5.74) is 7.01. The van der Waals surface area contributed by atoms with Crippen molar-refractivity contribution in [2.45, 2.75) is 16.9 Å². The number of benzene rings is 1. The van der Waals surface area contributed by atoms with Crippen LogP contribution in [0.3, 0.4) is 0 Å². The molecule has 1 fully saturated rings. The molecule has 3 N–H and O–H groups in total. The van der Waals surface area contributed by atoms with Gasteiger partial charge in [0, 0.05) is 12.9 Å². The van der Waals surface area contributed by atoms with E-state index in [9.17, 15) is 8.42 Å². The van der Waals surface area contributed by atoms with Gasteiger partial charge in [-0.3, -0.25) is 0 Å². The smallest absolute Gasteiger partial charge is 0.175 e. The van der Waals surface area contributed by atoms with Gasteiger partial charge in [0.05, 0.1) is 22.5 Å². The quantitative estimate of drug-likeness (QED) is 0.837. The molecule has 1 saturated heterocycles. The number of fused-ring (bicyclic) bond motifs is 1. The molecule has 1 atom stereocenters. The summed E-state index contributed by atoms with van der Waals surface area (Å²) >= 11 is 0. The lowest BCUT2D eigenvalue weighted by molar-refractivity contribution is 0.176. The molecule has 2 aromatic rings. The number of H-pyrrole nitrogens is 1. The molecule has 7 heteroatoms. The van der Waals surface area contributed by atoms with E-state index in [1.807, 2.05) is 0 Å². The summed E-state index contributed by atoms with van der Waals surface area (Å²) < 4.78 is 28.4. The van der Waals surface area contributed by atoms with Gasteiger partial charge >= 0.3 is 0 Å². The summed E-state index contributed by atoms with van der Waals surface area (Å²) in [7, 11) is -3.22. The van der Waals surface area contributed by atoms with Crippen LogP contribution in [0.4, 0.5) is 0 Å². The van der Waals surface area contributed by atoms with E-state index in [1.54, 1.807) is 18.2 Å². The van der Waals surface area contributed by atoms with Crippen molar-refractivity contribution in [2.75, 3.05) is 19.5 Å². The van der Waals surface area contributed by atoms with Crippen molar-refractivity contribution in [1.82, 2.24) is 9.97 Å². The second-order valence-corrected chi connectivity index (χ2v) is 7.01. The number of sulfone groups is 1. The van der Waals surface area contributed by atoms with Gasteiger partial charge in [0.25, 0.3) is 0 Å². The second-order valence-electron chi connectivity index (χ2n) is 5.00. The molecule has 0 aliphatic carbocycles. The molecule has 1 unspecified atom stereocenters. The maximum atomic E-state index is 11.5. The molecule has 19 heavy (non-hydrogen) atoms. The SMILES string of the molecule is CS(=O)(=O)c1ccc2nc(C3(N)CCOC3)[nH]c2c1. The van der Waals surface area contributed by atoms with Gasteiger partial charge in [-0.05, 0) is 24.6 Å². The number of aromatic nitrogens is 2. The van der Waals surface area contributed by atoms with E-state index in [4.69, 9.17) is 10.5 Å². The topological polar surface area (TPSA) is 98.1 Å². The lowest BCUT2D eigenvalue weighted by atomic mass is 10.00. The Labute approximate surface area is 110 Å². The van der Waals surface area contributed by atoms with E-state index < -0.39 is 15.4 Å². The zero-order chi connectivity index (χ0) is 13.7. The minimum Gasteiger partial charge on any atom is -0.379 e. The first-order valence-electron chi connectivity index (χ1n) is 5.95. The number of nitrogens with one attached hydrogen (secondary N) is 1. The van der Waals surface area contributed by atoms with Crippen LogP contribution in [0.2, 0.25) is 0 Å². The average molecular weight is 281 g/mol. The summed E-state index contributed by atoms with van der Waals surface area (Å²) in [6, 6.07) is 4.82. The molecule has 0 saturated carbocycles. The van der Waals surface area contributed by atoms with Crippen LogP contribution in [0.25, 0.3) is 11.0 Å². The Hall–Kier alpha value is -1.44. The molecule has 1 aromatic heterocycles. The molecule has 2 heterocycles. The number of hydrogen-bond donors (Lipinski definition) is 2. The van der Waals surface area contributed by atoms with Gasteiger partial charge in [-0.2, -0.15) is 0 Å². The Kier molecular flexibility index (Phi) is 2.67. The first kappa shape index (κ1) is 12.6. The van der Waals surface area contributed by atoms with Crippen LogP contribution in [0.15, 0.2) is 23.1 Å². The fourth-order valence-corrected chi connectivity index (χ4v) is 2.87. The lowest BCUT2D eigenvalue weighted by Gasteiger charge is -2.17. The summed E-state index contributed by atoms with van der Waals surface area (Å²) in [6.45, 7) is 1.04. The van der Waals surface area contributed by atoms with Crippen LogP contribution in [0.5, 0.6) is 0 Å². The Morgan fingerprint density at radius 2 is 2.26 bits per heavy atom. The Bertz CT molecular complexity index is 730. The molecule has 0 bridgehead atoms. The number of ether oxygens (including phenoxy) is 1. The largest absolute Gasteiger partial charge is 0.379 e. The first-order chi connectivity index (χ1) is 8.88. The van der Waals surface area contributed by atoms with E-state index in [2.05, 4.69) is 9.97 Å². The fourth-order valence-electron chi connectivity index (χ4n) is 2.22. The lowest BCUT2D eigenvalue weighted by Crippen LogP contribution is -2.38. The molecular formula is C12H15N3O3S. The van der Waals surface area contributed by atoms with Crippen LogP contribution in [0.1, 0.15) is 12.2 Å². The summed E-state index contributed by atoms with van der Waals surface area (Å²) in [4.78, 5) is 7.81. The summed E-state index contributed by atoms with van der Waals surface area (Å²) in [5.74, 6) is 0.644. The van der Waals surface area contributed by atoms with Crippen LogP contribution in [-0.4, -0.2) is 37.9 Å². The molecule has 0 spiro atoms. The molecule has 102 valence electrons. The van der Waals surface area contributed by atoms with Gasteiger partial charge in [0.2, 0.25) is 0 Å². The summed E-state index contributed by atoms with van der Waals surface area (Å²) in [6.07, 6.45) is 1.88. The molecule has 0 amide bonds. The van der Waals surface area contributed by atoms with E-state index in [0.717, 1.165) is 0 Å². The van der Waals surface area contributed by atoms with Crippen molar-refractivity contribution in [1.29, 1.82) is 0 Å².